The number of nitrogens with zero attached hydrogens (tertiary/aromatic N) is 2. The van der Waals surface area contributed by atoms with Crippen LogP contribution in [0.3, 0.4) is 0 Å². The van der Waals surface area contributed by atoms with E-state index in [0.29, 0.717) is 11.8 Å². The maximum atomic E-state index is 12.7. The summed E-state index contributed by atoms with van der Waals surface area (Å²) in [6.45, 7) is 5.03. The summed E-state index contributed by atoms with van der Waals surface area (Å²) in [4.78, 5) is 17.2. The highest BCUT2D eigenvalue weighted by Gasteiger charge is 2.45. The zero-order chi connectivity index (χ0) is 14.7. The second-order valence-electron chi connectivity index (χ2n) is 6.07. The lowest BCUT2D eigenvalue weighted by molar-refractivity contribution is -0.132. The van der Waals surface area contributed by atoms with Gasteiger partial charge in [-0.15, -0.1) is 0 Å². The predicted octanol–water partition coefficient (Wildman–Crippen LogP) is 2.72. The molecule has 1 aromatic rings. The topological polar surface area (TPSA) is 23.6 Å². The van der Waals surface area contributed by atoms with Gasteiger partial charge < -0.3 is 9.80 Å². The summed E-state index contributed by atoms with van der Waals surface area (Å²) in [5, 5.41) is 1.01. The molecule has 2 fully saturated rings. The van der Waals surface area contributed by atoms with Gasteiger partial charge in [-0.3, -0.25) is 4.79 Å². The minimum atomic E-state index is 0.232. The molecule has 114 valence electrons. The molecule has 1 saturated heterocycles. The van der Waals surface area contributed by atoms with Crippen molar-refractivity contribution in [2.45, 2.75) is 18.8 Å². The molecule has 1 aliphatic carbocycles. The Balaban J connectivity index is 1.55. The van der Waals surface area contributed by atoms with Gasteiger partial charge >= 0.3 is 0 Å². The van der Waals surface area contributed by atoms with Crippen LogP contribution in [0.5, 0.6) is 0 Å². The molecule has 1 aromatic carbocycles. The quantitative estimate of drug-likeness (QED) is 0.779. The van der Waals surface area contributed by atoms with Crippen molar-refractivity contribution in [2.24, 2.45) is 5.92 Å². The molecule has 21 heavy (non-hydrogen) atoms. The molecule has 3 rings (SSSR count). The zero-order valence-electron chi connectivity index (χ0n) is 12.4. The standard InChI is InChI=1S/C17H23BrN2O/c18-7-10-19-8-4-9-20(12-11-19)17(21)16-13-15(16)14-5-2-1-3-6-14/h1-3,5-6,15-16H,4,7-13H2. The molecule has 1 amide bonds. The van der Waals surface area contributed by atoms with E-state index in [1.807, 2.05) is 6.07 Å². The number of halogens is 1. The number of amides is 1. The molecule has 0 bridgehead atoms. The number of hydrogen-bond acceptors (Lipinski definition) is 2. The van der Waals surface area contributed by atoms with Crippen LogP contribution in [0.4, 0.5) is 0 Å². The van der Waals surface area contributed by atoms with Crippen LogP contribution in [0.2, 0.25) is 0 Å². The van der Waals surface area contributed by atoms with Gasteiger partial charge in [0.1, 0.15) is 0 Å². The van der Waals surface area contributed by atoms with Crippen molar-refractivity contribution in [2.75, 3.05) is 38.1 Å². The van der Waals surface area contributed by atoms with Gasteiger partial charge in [0, 0.05) is 37.4 Å². The Bertz CT molecular complexity index is 479. The molecule has 0 aromatic heterocycles. The van der Waals surface area contributed by atoms with Crippen LogP contribution in [-0.4, -0.2) is 53.8 Å². The lowest BCUT2D eigenvalue weighted by atomic mass is 10.1. The molecular weight excluding hydrogens is 328 g/mol. The molecule has 1 heterocycles. The van der Waals surface area contributed by atoms with Crippen LogP contribution in [0.25, 0.3) is 0 Å². The third-order valence-corrected chi connectivity index (χ3v) is 4.99. The average Bonchev–Trinajstić information content (AvgIpc) is 3.32. The fourth-order valence-electron chi connectivity index (χ4n) is 3.31. The van der Waals surface area contributed by atoms with Crippen LogP contribution in [0.15, 0.2) is 30.3 Å². The summed E-state index contributed by atoms with van der Waals surface area (Å²) in [7, 11) is 0. The molecule has 2 unspecified atom stereocenters. The van der Waals surface area contributed by atoms with Crippen LogP contribution in [-0.2, 0) is 4.79 Å². The molecule has 1 aliphatic heterocycles. The second-order valence-corrected chi connectivity index (χ2v) is 6.86. The highest BCUT2D eigenvalue weighted by Crippen LogP contribution is 2.48. The monoisotopic (exact) mass is 350 g/mol. The van der Waals surface area contributed by atoms with E-state index in [1.54, 1.807) is 0 Å². The van der Waals surface area contributed by atoms with Crippen molar-refractivity contribution >= 4 is 21.8 Å². The van der Waals surface area contributed by atoms with Gasteiger partial charge in [-0.25, -0.2) is 0 Å². The molecular formula is C17H23BrN2O. The SMILES string of the molecule is O=C(C1CC1c1ccccc1)N1CCCN(CCBr)CC1. The van der Waals surface area contributed by atoms with Gasteiger partial charge in [-0.2, -0.15) is 0 Å². The lowest BCUT2D eigenvalue weighted by Crippen LogP contribution is -2.36. The first-order valence-electron chi connectivity index (χ1n) is 7.91. The van der Waals surface area contributed by atoms with E-state index < -0.39 is 0 Å². The first kappa shape index (κ1) is 15.0. The number of hydrogen-bond donors (Lipinski definition) is 0. The highest BCUT2D eigenvalue weighted by atomic mass is 79.9. The van der Waals surface area contributed by atoms with Crippen molar-refractivity contribution in [1.29, 1.82) is 0 Å². The Morgan fingerprint density at radius 3 is 2.71 bits per heavy atom. The van der Waals surface area contributed by atoms with E-state index in [0.717, 1.165) is 50.9 Å². The molecule has 0 radical (unpaired) electrons. The summed E-state index contributed by atoms with van der Waals surface area (Å²) in [6.07, 6.45) is 2.13. The van der Waals surface area contributed by atoms with Gasteiger partial charge in [0.2, 0.25) is 5.91 Å². The summed E-state index contributed by atoms with van der Waals surface area (Å²) >= 11 is 3.50. The molecule has 3 nitrogen and oxygen atoms in total. The summed E-state index contributed by atoms with van der Waals surface area (Å²) < 4.78 is 0. The van der Waals surface area contributed by atoms with Crippen LogP contribution >= 0.6 is 15.9 Å². The third-order valence-electron chi connectivity index (χ3n) is 4.64. The first-order chi connectivity index (χ1) is 10.3. The molecule has 1 saturated carbocycles. The fourth-order valence-corrected chi connectivity index (χ4v) is 3.81. The van der Waals surface area contributed by atoms with Crippen molar-refractivity contribution < 1.29 is 4.79 Å². The molecule has 2 atom stereocenters. The molecule has 0 N–H and O–H groups in total. The van der Waals surface area contributed by atoms with Gasteiger partial charge in [-0.1, -0.05) is 46.3 Å². The van der Waals surface area contributed by atoms with E-state index in [9.17, 15) is 4.79 Å². The van der Waals surface area contributed by atoms with Crippen molar-refractivity contribution in [3.63, 3.8) is 0 Å². The number of benzene rings is 1. The number of carbonyl (C=O) groups excluding carboxylic acids is 1. The van der Waals surface area contributed by atoms with E-state index in [4.69, 9.17) is 0 Å². The van der Waals surface area contributed by atoms with E-state index >= 15 is 0 Å². The van der Waals surface area contributed by atoms with Crippen LogP contribution < -0.4 is 0 Å². The van der Waals surface area contributed by atoms with E-state index in [-0.39, 0.29) is 5.92 Å². The average molecular weight is 351 g/mol. The Hall–Kier alpha value is -0.870. The zero-order valence-corrected chi connectivity index (χ0v) is 14.0. The Kier molecular flexibility index (Phi) is 4.96. The predicted molar refractivity (Wildman–Crippen MR) is 88.7 cm³/mol. The number of carbonyl (C=O) groups is 1. The van der Waals surface area contributed by atoms with Gasteiger partial charge in [0.15, 0.2) is 0 Å². The third kappa shape index (κ3) is 3.67. The maximum absolute atomic E-state index is 12.7. The Labute approximate surface area is 135 Å². The lowest BCUT2D eigenvalue weighted by Gasteiger charge is -2.21. The first-order valence-corrected chi connectivity index (χ1v) is 9.04. The summed E-state index contributed by atoms with van der Waals surface area (Å²) in [5.41, 5.74) is 1.33. The summed E-state index contributed by atoms with van der Waals surface area (Å²) in [5.74, 6) is 1.07. The molecule has 4 heteroatoms. The maximum Gasteiger partial charge on any atom is 0.226 e. The van der Waals surface area contributed by atoms with E-state index in [1.165, 1.54) is 5.56 Å². The molecule has 0 spiro atoms. The van der Waals surface area contributed by atoms with Gasteiger partial charge in [0.25, 0.3) is 0 Å². The number of alkyl halides is 1. The van der Waals surface area contributed by atoms with E-state index in [2.05, 4.69) is 50.0 Å². The fraction of sp³-hybridized carbons (Fsp3) is 0.588. The normalized spacial score (nSPS) is 26.4. The smallest absolute Gasteiger partial charge is 0.226 e. The molecule has 2 aliphatic rings. The van der Waals surface area contributed by atoms with Gasteiger partial charge in [-0.05, 0) is 30.9 Å². The van der Waals surface area contributed by atoms with Crippen LogP contribution in [0.1, 0.15) is 24.3 Å². The van der Waals surface area contributed by atoms with Crippen molar-refractivity contribution in [3.05, 3.63) is 35.9 Å². The second kappa shape index (κ2) is 6.93. The minimum Gasteiger partial charge on any atom is -0.341 e. The Morgan fingerprint density at radius 2 is 1.95 bits per heavy atom. The van der Waals surface area contributed by atoms with Crippen molar-refractivity contribution in [3.8, 4) is 0 Å². The summed E-state index contributed by atoms with van der Waals surface area (Å²) in [6, 6.07) is 10.5. The Morgan fingerprint density at radius 1 is 1.14 bits per heavy atom. The number of rotatable bonds is 4. The minimum absolute atomic E-state index is 0.232. The largest absolute Gasteiger partial charge is 0.341 e. The highest BCUT2D eigenvalue weighted by molar-refractivity contribution is 9.09. The van der Waals surface area contributed by atoms with Crippen molar-refractivity contribution in [1.82, 2.24) is 9.80 Å². The van der Waals surface area contributed by atoms with Gasteiger partial charge in [0.05, 0.1) is 0 Å². The van der Waals surface area contributed by atoms with Crippen LogP contribution in [0, 0.1) is 5.92 Å².